The summed E-state index contributed by atoms with van der Waals surface area (Å²) in [5.41, 5.74) is 9.54. The fourth-order valence-corrected chi connectivity index (χ4v) is 2.77. The highest BCUT2D eigenvalue weighted by Crippen LogP contribution is 2.20. The number of anilines is 1. The molecule has 0 spiro atoms. The molecule has 134 valence electrons. The first-order chi connectivity index (χ1) is 13.1. The maximum Gasteiger partial charge on any atom is 0.251 e. The molecule has 6 nitrogen and oxygen atoms in total. The first kappa shape index (κ1) is 16.7. The summed E-state index contributed by atoms with van der Waals surface area (Å²) < 4.78 is 14.5. The van der Waals surface area contributed by atoms with E-state index in [0.29, 0.717) is 17.8 Å². The second kappa shape index (κ2) is 6.87. The Balaban J connectivity index is 1.47. The topological polar surface area (TPSA) is 85.3 Å². The van der Waals surface area contributed by atoms with Crippen molar-refractivity contribution in [3.63, 3.8) is 0 Å². The van der Waals surface area contributed by atoms with Crippen molar-refractivity contribution in [1.29, 1.82) is 0 Å². The van der Waals surface area contributed by atoms with Gasteiger partial charge in [0.2, 0.25) is 5.95 Å². The maximum absolute atomic E-state index is 12.9. The van der Waals surface area contributed by atoms with Crippen LogP contribution in [0.3, 0.4) is 0 Å². The first-order valence-corrected chi connectivity index (χ1v) is 8.33. The summed E-state index contributed by atoms with van der Waals surface area (Å²) >= 11 is 0. The van der Waals surface area contributed by atoms with E-state index in [1.807, 2.05) is 30.5 Å². The van der Waals surface area contributed by atoms with E-state index in [1.165, 1.54) is 12.1 Å². The largest absolute Gasteiger partial charge is 0.366 e. The molecule has 1 amide bonds. The molecular weight excluding hydrogens is 345 g/mol. The monoisotopic (exact) mass is 361 g/mol. The second-order valence-corrected chi connectivity index (χ2v) is 6.08. The van der Waals surface area contributed by atoms with E-state index in [4.69, 9.17) is 5.73 Å². The van der Waals surface area contributed by atoms with Crippen molar-refractivity contribution in [3.05, 3.63) is 83.8 Å². The lowest BCUT2D eigenvalue weighted by Crippen LogP contribution is -2.22. The minimum atomic E-state index is -0.299. The first-order valence-electron chi connectivity index (χ1n) is 8.33. The standard InChI is InChI=1S/C20H16FN5O/c21-17-8-1-13(2-9-17)11-23-19(27)15-5-3-14(4-6-15)16-7-10-18-24-20(22)25-26(18)12-16/h1-10,12H,11H2,(H2,22,25)(H,23,27). The number of hydrogen-bond donors (Lipinski definition) is 2. The second-order valence-electron chi connectivity index (χ2n) is 6.08. The zero-order valence-electron chi connectivity index (χ0n) is 14.3. The summed E-state index contributed by atoms with van der Waals surface area (Å²) in [4.78, 5) is 16.4. The summed E-state index contributed by atoms with van der Waals surface area (Å²) in [6, 6.07) is 17.0. The third kappa shape index (κ3) is 3.62. The predicted molar refractivity (Wildman–Crippen MR) is 100 cm³/mol. The predicted octanol–water partition coefficient (Wildman–Crippen LogP) is 3.05. The Hall–Kier alpha value is -3.74. The Morgan fingerprint density at radius 1 is 1.00 bits per heavy atom. The minimum Gasteiger partial charge on any atom is -0.366 e. The number of benzene rings is 2. The molecule has 7 heteroatoms. The molecule has 0 aliphatic heterocycles. The molecule has 0 radical (unpaired) electrons. The summed E-state index contributed by atoms with van der Waals surface area (Å²) in [6.45, 7) is 0.339. The van der Waals surface area contributed by atoms with Crippen LogP contribution in [0, 0.1) is 5.82 Å². The van der Waals surface area contributed by atoms with Gasteiger partial charge in [0, 0.05) is 23.9 Å². The molecule has 4 aromatic rings. The van der Waals surface area contributed by atoms with Crippen molar-refractivity contribution in [1.82, 2.24) is 19.9 Å². The average Bonchev–Trinajstić information content (AvgIpc) is 3.06. The maximum atomic E-state index is 12.9. The molecule has 0 fully saturated rings. The van der Waals surface area contributed by atoms with E-state index in [1.54, 1.807) is 28.8 Å². The average molecular weight is 361 g/mol. The third-order valence-corrected chi connectivity index (χ3v) is 4.19. The number of amides is 1. The van der Waals surface area contributed by atoms with Gasteiger partial charge < -0.3 is 11.1 Å². The Morgan fingerprint density at radius 3 is 2.44 bits per heavy atom. The van der Waals surface area contributed by atoms with Crippen molar-refractivity contribution in [2.24, 2.45) is 0 Å². The molecule has 0 aliphatic rings. The highest BCUT2D eigenvalue weighted by atomic mass is 19.1. The van der Waals surface area contributed by atoms with E-state index in [0.717, 1.165) is 16.7 Å². The molecule has 0 bridgehead atoms. The Labute approximate surface area is 154 Å². The summed E-state index contributed by atoms with van der Waals surface area (Å²) in [7, 11) is 0. The van der Waals surface area contributed by atoms with E-state index >= 15 is 0 Å². The van der Waals surface area contributed by atoms with Gasteiger partial charge in [0.1, 0.15) is 5.82 Å². The summed E-state index contributed by atoms with van der Waals surface area (Å²) in [5.74, 6) is -0.266. The molecule has 2 heterocycles. The van der Waals surface area contributed by atoms with E-state index in [-0.39, 0.29) is 17.7 Å². The zero-order chi connectivity index (χ0) is 18.8. The van der Waals surface area contributed by atoms with E-state index < -0.39 is 0 Å². The van der Waals surface area contributed by atoms with Gasteiger partial charge in [-0.1, -0.05) is 24.3 Å². The summed E-state index contributed by atoms with van der Waals surface area (Å²) in [6.07, 6.45) is 1.84. The van der Waals surface area contributed by atoms with Crippen LogP contribution in [-0.4, -0.2) is 20.5 Å². The number of carbonyl (C=O) groups excluding carboxylic acids is 1. The van der Waals surface area contributed by atoms with Gasteiger partial charge in [-0.05, 0) is 47.5 Å². The quantitative estimate of drug-likeness (QED) is 0.585. The lowest BCUT2D eigenvalue weighted by molar-refractivity contribution is 0.0951. The number of nitrogens with one attached hydrogen (secondary N) is 1. The number of rotatable bonds is 4. The van der Waals surface area contributed by atoms with Crippen molar-refractivity contribution in [2.45, 2.75) is 6.54 Å². The van der Waals surface area contributed by atoms with Gasteiger partial charge in [-0.25, -0.2) is 8.91 Å². The number of nitrogens with zero attached hydrogens (tertiary/aromatic N) is 3. The molecule has 0 saturated carbocycles. The lowest BCUT2D eigenvalue weighted by atomic mass is 10.1. The van der Waals surface area contributed by atoms with Gasteiger partial charge in [0.15, 0.2) is 5.65 Å². The number of nitrogens with two attached hydrogens (primary N) is 1. The highest BCUT2D eigenvalue weighted by molar-refractivity contribution is 5.94. The zero-order valence-corrected chi connectivity index (χ0v) is 14.3. The fraction of sp³-hybridized carbons (Fsp3) is 0.0500. The number of carbonyl (C=O) groups is 1. The molecular formula is C20H16FN5O. The number of fused-ring (bicyclic) bond motifs is 1. The van der Waals surface area contributed by atoms with E-state index in [9.17, 15) is 9.18 Å². The van der Waals surface area contributed by atoms with Crippen molar-refractivity contribution < 1.29 is 9.18 Å². The van der Waals surface area contributed by atoms with Crippen molar-refractivity contribution >= 4 is 17.5 Å². The van der Waals surface area contributed by atoms with Crippen LogP contribution >= 0.6 is 0 Å². The molecule has 3 N–H and O–H groups in total. The SMILES string of the molecule is Nc1nc2ccc(-c3ccc(C(=O)NCc4ccc(F)cc4)cc3)cn2n1. The molecule has 0 unspecified atom stereocenters. The van der Waals surface area contributed by atoms with Gasteiger partial charge in [-0.2, -0.15) is 4.98 Å². The number of nitrogen functional groups attached to an aromatic ring is 1. The minimum absolute atomic E-state index is 0.189. The van der Waals surface area contributed by atoms with Gasteiger partial charge in [-0.3, -0.25) is 4.79 Å². The van der Waals surface area contributed by atoms with Gasteiger partial charge in [-0.15, -0.1) is 5.10 Å². The van der Waals surface area contributed by atoms with E-state index in [2.05, 4.69) is 15.4 Å². The van der Waals surface area contributed by atoms with Crippen LogP contribution in [-0.2, 0) is 6.54 Å². The van der Waals surface area contributed by atoms with Crippen LogP contribution in [0.15, 0.2) is 66.9 Å². The number of aromatic nitrogens is 3. The molecule has 2 aromatic heterocycles. The smallest absolute Gasteiger partial charge is 0.251 e. The van der Waals surface area contributed by atoms with Crippen LogP contribution in [0.5, 0.6) is 0 Å². The molecule has 0 aliphatic carbocycles. The molecule has 27 heavy (non-hydrogen) atoms. The van der Waals surface area contributed by atoms with Gasteiger partial charge >= 0.3 is 0 Å². The van der Waals surface area contributed by atoms with Crippen molar-refractivity contribution in [2.75, 3.05) is 5.73 Å². The molecule has 2 aromatic carbocycles. The fourth-order valence-electron chi connectivity index (χ4n) is 2.77. The number of pyridine rings is 1. The van der Waals surface area contributed by atoms with Crippen LogP contribution in [0.1, 0.15) is 15.9 Å². The lowest BCUT2D eigenvalue weighted by Gasteiger charge is -2.07. The number of halogens is 1. The molecule has 0 atom stereocenters. The highest BCUT2D eigenvalue weighted by Gasteiger charge is 2.07. The van der Waals surface area contributed by atoms with Gasteiger partial charge in [0.25, 0.3) is 5.91 Å². The third-order valence-electron chi connectivity index (χ3n) is 4.19. The van der Waals surface area contributed by atoms with Crippen LogP contribution in [0.25, 0.3) is 16.8 Å². The van der Waals surface area contributed by atoms with Crippen LogP contribution < -0.4 is 11.1 Å². The van der Waals surface area contributed by atoms with Gasteiger partial charge in [0.05, 0.1) is 0 Å². The molecule has 4 rings (SSSR count). The van der Waals surface area contributed by atoms with Crippen LogP contribution in [0.2, 0.25) is 0 Å². The molecule has 0 saturated heterocycles. The van der Waals surface area contributed by atoms with Crippen LogP contribution in [0.4, 0.5) is 10.3 Å². The Morgan fingerprint density at radius 2 is 1.70 bits per heavy atom. The normalized spacial score (nSPS) is 10.9. The Kier molecular flexibility index (Phi) is 4.25. The Bertz CT molecular complexity index is 1100. The summed E-state index contributed by atoms with van der Waals surface area (Å²) in [5, 5.41) is 6.92. The van der Waals surface area contributed by atoms with Crippen molar-refractivity contribution in [3.8, 4) is 11.1 Å². The number of hydrogen-bond acceptors (Lipinski definition) is 4.